The fourth-order valence-corrected chi connectivity index (χ4v) is 3.23. The number of rotatable bonds is 4. The number of hydrogen-bond donors (Lipinski definition) is 0. The Morgan fingerprint density at radius 3 is 2.33 bits per heavy atom. The van der Waals surface area contributed by atoms with Crippen molar-refractivity contribution >= 4 is 17.4 Å². The van der Waals surface area contributed by atoms with Crippen molar-refractivity contribution in [2.75, 3.05) is 5.06 Å². The van der Waals surface area contributed by atoms with Gasteiger partial charge in [-0.05, 0) is 30.7 Å². The molecule has 27 heavy (non-hydrogen) atoms. The maximum absolute atomic E-state index is 12.9. The van der Waals surface area contributed by atoms with E-state index >= 15 is 0 Å². The molecule has 0 aromatic heterocycles. The average Bonchev–Trinajstić information content (AvgIpc) is 2.71. The van der Waals surface area contributed by atoms with E-state index in [0.717, 1.165) is 11.1 Å². The summed E-state index contributed by atoms with van der Waals surface area (Å²) in [6.07, 6.45) is -0.357. The van der Waals surface area contributed by atoms with Gasteiger partial charge in [-0.25, -0.2) is 0 Å². The summed E-state index contributed by atoms with van der Waals surface area (Å²) in [6.45, 7) is 1.99. The van der Waals surface area contributed by atoms with Gasteiger partial charge >= 0.3 is 0 Å². The molecule has 0 fully saturated rings. The van der Waals surface area contributed by atoms with Crippen LogP contribution in [0.1, 0.15) is 44.4 Å². The van der Waals surface area contributed by atoms with Crippen LogP contribution in [0.4, 0.5) is 5.69 Å². The molecule has 0 saturated carbocycles. The second-order valence-electron chi connectivity index (χ2n) is 6.61. The molecule has 134 valence electrons. The van der Waals surface area contributed by atoms with E-state index in [0.29, 0.717) is 16.8 Å². The molecule has 1 amide bonds. The minimum atomic E-state index is -0.520. The third kappa shape index (κ3) is 3.39. The van der Waals surface area contributed by atoms with Crippen molar-refractivity contribution in [2.45, 2.75) is 19.4 Å². The van der Waals surface area contributed by atoms with Crippen LogP contribution in [0.5, 0.6) is 0 Å². The smallest absolute Gasteiger partial charge is 0.282 e. The van der Waals surface area contributed by atoms with Gasteiger partial charge in [0.2, 0.25) is 0 Å². The predicted octanol–water partition coefficient (Wildman–Crippen LogP) is 4.90. The molecule has 4 rings (SSSR count). The second kappa shape index (κ2) is 7.17. The molecule has 1 atom stereocenters. The molecule has 0 N–H and O–H groups in total. The van der Waals surface area contributed by atoms with Crippen molar-refractivity contribution in [1.29, 1.82) is 0 Å². The largest absolute Gasteiger partial charge is 0.294 e. The third-order valence-electron chi connectivity index (χ3n) is 4.69. The van der Waals surface area contributed by atoms with Crippen molar-refractivity contribution in [3.63, 3.8) is 0 Å². The zero-order chi connectivity index (χ0) is 18.8. The molecule has 4 nitrogen and oxygen atoms in total. The first-order valence-corrected chi connectivity index (χ1v) is 8.88. The monoisotopic (exact) mass is 357 g/mol. The van der Waals surface area contributed by atoms with Gasteiger partial charge in [-0.1, -0.05) is 66.2 Å². The summed E-state index contributed by atoms with van der Waals surface area (Å²) in [5.41, 5.74) is 3.69. The Bertz CT molecular complexity index is 980. The van der Waals surface area contributed by atoms with Crippen LogP contribution in [-0.2, 0) is 4.84 Å². The van der Waals surface area contributed by atoms with E-state index in [1.807, 2.05) is 67.6 Å². The number of hydrogen-bond acceptors (Lipinski definition) is 3. The predicted molar refractivity (Wildman–Crippen MR) is 104 cm³/mol. The number of amides is 1. The second-order valence-corrected chi connectivity index (χ2v) is 6.61. The molecule has 4 heteroatoms. The Morgan fingerprint density at radius 2 is 1.59 bits per heavy atom. The zero-order valence-corrected chi connectivity index (χ0v) is 15.0. The van der Waals surface area contributed by atoms with E-state index in [1.54, 1.807) is 18.2 Å². The number of anilines is 1. The van der Waals surface area contributed by atoms with Crippen molar-refractivity contribution in [3.8, 4) is 0 Å². The molecule has 3 aromatic rings. The fraction of sp³-hybridized carbons (Fsp3) is 0.130. The standard InChI is InChI=1S/C23H19NO3/c1-16-11-13-18(14-12-16)24-23(26)20-10-6-5-9-19(20)22(27-24)15-21(25)17-7-3-2-4-8-17/h2-14,22H,15H2,1H3. The number of benzene rings is 3. The lowest BCUT2D eigenvalue weighted by Gasteiger charge is -2.33. The van der Waals surface area contributed by atoms with Gasteiger partial charge < -0.3 is 0 Å². The average molecular weight is 357 g/mol. The van der Waals surface area contributed by atoms with Gasteiger partial charge in [-0.2, -0.15) is 5.06 Å². The van der Waals surface area contributed by atoms with Crippen LogP contribution in [0.25, 0.3) is 0 Å². The van der Waals surface area contributed by atoms with Crippen LogP contribution >= 0.6 is 0 Å². The molecule has 0 radical (unpaired) electrons. The normalized spacial score (nSPS) is 16.1. The number of hydroxylamine groups is 1. The number of Topliss-reactive ketones (excluding diaryl/α,β-unsaturated/α-hetero) is 1. The highest BCUT2D eigenvalue weighted by Gasteiger charge is 2.34. The SMILES string of the molecule is Cc1ccc(N2OC(CC(=O)c3ccccc3)c3ccccc3C2=O)cc1. The summed E-state index contributed by atoms with van der Waals surface area (Å²) >= 11 is 0. The Morgan fingerprint density at radius 1 is 0.926 bits per heavy atom. The summed E-state index contributed by atoms with van der Waals surface area (Å²) in [6, 6.07) is 24.0. The first kappa shape index (κ1) is 17.2. The summed E-state index contributed by atoms with van der Waals surface area (Å²) < 4.78 is 0. The lowest BCUT2D eigenvalue weighted by molar-refractivity contribution is 0.0147. The lowest BCUT2D eigenvalue weighted by atomic mass is 9.95. The maximum atomic E-state index is 12.9. The van der Waals surface area contributed by atoms with Crippen molar-refractivity contribution in [2.24, 2.45) is 0 Å². The molecule has 0 aliphatic carbocycles. The topological polar surface area (TPSA) is 46.6 Å². The number of aryl methyl sites for hydroxylation is 1. The minimum absolute atomic E-state index is 0.0198. The van der Waals surface area contributed by atoms with E-state index < -0.39 is 6.10 Å². The molecular weight excluding hydrogens is 338 g/mol. The fourth-order valence-electron chi connectivity index (χ4n) is 3.23. The van der Waals surface area contributed by atoms with Crippen LogP contribution in [-0.4, -0.2) is 11.7 Å². The Kier molecular flexibility index (Phi) is 4.57. The highest BCUT2D eigenvalue weighted by Crippen LogP contribution is 2.35. The molecule has 3 aromatic carbocycles. The van der Waals surface area contributed by atoms with Gasteiger partial charge in [0.15, 0.2) is 5.78 Å². The number of nitrogens with zero attached hydrogens (tertiary/aromatic N) is 1. The van der Waals surface area contributed by atoms with E-state index in [1.165, 1.54) is 5.06 Å². The first-order chi connectivity index (χ1) is 13.1. The third-order valence-corrected chi connectivity index (χ3v) is 4.69. The number of ketones is 1. The van der Waals surface area contributed by atoms with Gasteiger partial charge in [0.25, 0.3) is 5.91 Å². The quantitative estimate of drug-likeness (QED) is 0.624. The highest BCUT2D eigenvalue weighted by atomic mass is 16.7. The zero-order valence-electron chi connectivity index (χ0n) is 15.0. The van der Waals surface area contributed by atoms with E-state index in [-0.39, 0.29) is 18.1 Å². The molecule has 1 aliphatic rings. The van der Waals surface area contributed by atoms with Crippen LogP contribution in [0.15, 0.2) is 78.9 Å². The van der Waals surface area contributed by atoms with Crippen molar-refractivity contribution in [3.05, 3.63) is 101 Å². The lowest BCUT2D eigenvalue weighted by Crippen LogP contribution is -2.38. The summed E-state index contributed by atoms with van der Waals surface area (Å²) in [5.74, 6) is -0.244. The van der Waals surface area contributed by atoms with Crippen LogP contribution in [0, 0.1) is 6.92 Å². The van der Waals surface area contributed by atoms with E-state index in [4.69, 9.17) is 4.84 Å². The van der Waals surface area contributed by atoms with E-state index in [2.05, 4.69) is 0 Å². The van der Waals surface area contributed by atoms with Gasteiger partial charge in [0, 0.05) is 17.5 Å². The summed E-state index contributed by atoms with van der Waals surface area (Å²) in [7, 11) is 0. The van der Waals surface area contributed by atoms with Crippen LogP contribution in [0.3, 0.4) is 0 Å². The van der Waals surface area contributed by atoms with Gasteiger partial charge in [-0.3, -0.25) is 14.4 Å². The van der Waals surface area contributed by atoms with E-state index in [9.17, 15) is 9.59 Å². The maximum Gasteiger partial charge on any atom is 0.282 e. The Hall–Kier alpha value is -3.24. The molecule has 0 bridgehead atoms. The molecule has 1 heterocycles. The molecular formula is C23H19NO3. The van der Waals surface area contributed by atoms with Crippen molar-refractivity contribution < 1.29 is 14.4 Å². The van der Waals surface area contributed by atoms with Gasteiger partial charge in [0.1, 0.15) is 6.10 Å². The molecule has 1 unspecified atom stereocenters. The number of fused-ring (bicyclic) bond motifs is 1. The minimum Gasteiger partial charge on any atom is -0.294 e. The first-order valence-electron chi connectivity index (χ1n) is 8.88. The van der Waals surface area contributed by atoms with Gasteiger partial charge in [-0.15, -0.1) is 0 Å². The molecule has 0 spiro atoms. The Labute approximate surface area is 158 Å². The number of carbonyl (C=O) groups excluding carboxylic acids is 2. The molecule has 1 aliphatic heterocycles. The van der Waals surface area contributed by atoms with Crippen LogP contribution < -0.4 is 5.06 Å². The summed E-state index contributed by atoms with van der Waals surface area (Å²) in [4.78, 5) is 31.6. The van der Waals surface area contributed by atoms with Crippen LogP contribution in [0.2, 0.25) is 0 Å². The van der Waals surface area contributed by atoms with Gasteiger partial charge in [0.05, 0.1) is 5.69 Å². The molecule has 0 saturated heterocycles. The highest BCUT2D eigenvalue weighted by molar-refractivity contribution is 6.07. The summed E-state index contributed by atoms with van der Waals surface area (Å²) in [5, 5.41) is 1.30. The number of carbonyl (C=O) groups is 2. The Balaban J connectivity index is 1.68. The van der Waals surface area contributed by atoms with Crippen molar-refractivity contribution in [1.82, 2.24) is 0 Å².